The van der Waals surface area contributed by atoms with Gasteiger partial charge in [-0.1, -0.05) is 36.4 Å². The Morgan fingerprint density at radius 1 is 0.897 bits per heavy atom. The molecule has 0 atom stereocenters. The first-order chi connectivity index (χ1) is 13.9. The lowest BCUT2D eigenvalue weighted by molar-refractivity contribution is -0.662. The van der Waals surface area contributed by atoms with Crippen LogP contribution < -0.4 is 9.05 Å². The largest absolute Gasteiger partial charge is 0.294 e. The SMILES string of the molecule is Cc1c(-c2c3cc4ccccc4c([N+](C)(C)C)c3nc[n+]2C)sc2ccccc12. The van der Waals surface area contributed by atoms with Crippen molar-refractivity contribution in [2.45, 2.75) is 6.92 Å². The average Bonchev–Trinajstić information content (AvgIpc) is 3.02. The predicted molar refractivity (Wildman–Crippen MR) is 126 cm³/mol. The summed E-state index contributed by atoms with van der Waals surface area (Å²) in [6.07, 6.45) is 1.97. The number of thiophene rings is 1. The minimum absolute atomic E-state index is 0.726. The summed E-state index contributed by atoms with van der Waals surface area (Å²) in [6, 6.07) is 19.7. The summed E-state index contributed by atoms with van der Waals surface area (Å²) in [4.78, 5) is 6.24. The molecule has 29 heavy (non-hydrogen) atoms. The van der Waals surface area contributed by atoms with Crippen LogP contribution in [0.5, 0.6) is 0 Å². The Hall–Kier alpha value is -2.82. The fourth-order valence-corrected chi connectivity index (χ4v) is 5.69. The molecule has 5 aromatic rings. The van der Waals surface area contributed by atoms with Gasteiger partial charge < -0.3 is 0 Å². The van der Waals surface area contributed by atoms with Crippen LogP contribution in [0.2, 0.25) is 0 Å². The molecule has 0 fully saturated rings. The number of aryl methyl sites for hydroxylation is 2. The number of hydrogen-bond acceptors (Lipinski definition) is 2. The number of quaternary nitrogens is 1. The van der Waals surface area contributed by atoms with Crippen LogP contribution in [0, 0.1) is 6.92 Å². The van der Waals surface area contributed by atoms with Crippen LogP contribution in [0.1, 0.15) is 5.56 Å². The normalized spacial score (nSPS) is 12.3. The molecule has 0 radical (unpaired) electrons. The lowest BCUT2D eigenvalue weighted by Gasteiger charge is -2.25. The summed E-state index contributed by atoms with van der Waals surface area (Å²) >= 11 is 1.87. The van der Waals surface area contributed by atoms with Gasteiger partial charge in [0.05, 0.1) is 38.5 Å². The first kappa shape index (κ1) is 18.2. The Morgan fingerprint density at radius 3 is 2.31 bits per heavy atom. The molecule has 4 heteroatoms. The molecule has 0 N–H and O–H groups in total. The van der Waals surface area contributed by atoms with E-state index in [1.165, 1.54) is 48.1 Å². The summed E-state index contributed by atoms with van der Waals surface area (Å²) in [5, 5.41) is 5.08. The lowest BCUT2D eigenvalue weighted by Crippen LogP contribution is -2.36. The minimum Gasteiger partial charge on any atom is -0.294 e. The van der Waals surface area contributed by atoms with Crippen LogP contribution in [0.25, 0.3) is 42.3 Å². The fourth-order valence-electron chi connectivity index (χ4n) is 4.38. The summed E-state index contributed by atoms with van der Waals surface area (Å²) in [5.74, 6) is 0. The van der Waals surface area contributed by atoms with Gasteiger partial charge in [-0.05, 0) is 46.4 Å². The van der Waals surface area contributed by atoms with Crippen LogP contribution in [-0.2, 0) is 7.05 Å². The van der Waals surface area contributed by atoms with Crippen molar-refractivity contribution in [2.75, 3.05) is 21.1 Å². The molecule has 0 aliphatic carbocycles. The highest BCUT2D eigenvalue weighted by Crippen LogP contribution is 2.42. The average molecular weight is 400 g/mol. The monoisotopic (exact) mass is 399 g/mol. The van der Waals surface area contributed by atoms with Gasteiger partial charge in [-0.15, -0.1) is 11.3 Å². The van der Waals surface area contributed by atoms with E-state index in [1.54, 1.807) is 0 Å². The van der Waals surface area contributed by atoms with Crippen LogP contribution >= 0.6 is 11.3 Å². The van der Waals surface area contributed by atoms with E-state index in [0.29, 0.717) is 0 Å². The van der Waals surface area contributed by atoms with E-state index >= 15 is 0 Å². The Bertz CT molecular complexity index is 1410. The Balaban J connectivity index is 1.98. The van der Waals surface area contributed by atoms with E-state index < -0.39 is 0 Å². The molecule has 0 aliphatic heterocycles. The molecule has 3 nitrogen and oxygen atoms in total. The minimum atomic E-state index is 0.726. The van der Waals surface area contributed by atoms with Gasteiger partial charge in [-0.2, -0.15) is 0 Å². The first-order valence-electron chi connectivity index (χ1n) is 9.87. The fraction of sp³-hybridized carbons (Fsp3) is 0.200. The van der Waals surface area contributed by atoms with E-state index in [9.17, 15) is 0 Å². The zero-order valence-corrected chi connectivity index (χ0v) is 18.3. The van der Waals surface area contributed by atoms with Crippen LogP contribution in [0.15, 0.2) is 60.9 Å². The summed E-state index contributed by atoms with van der Waals surface area (Å²) in [7, 11) is 8.77. The molecular formula is C25H25N3S+2. The van der Waals surface area contributed by atoms with Gasteiger partial charge in [0.1, 0.15) is 0 Å². The maximum atomic E-state index is 4.92. The molecule has 0 spiro atoms. The van der Waals surface area contributed by atoms with E-state index in [2.05, 4.69) is 94.3 Å². The van der Waals surface area contributed by atoms with Crippen molar-refractivity contribution < 1.29 is 4.57 Å². The lowest BCUT2D eigenvalue weighted by atomic mass is 10.00. The molecular weight excluding hydrogens is 374 g/mol. The van der Waals surface area contributed by atoms with Gasteiger partial charge >= 0.3 is 0 Å². The zero-order chi connectivity index (χ0) is 20.3. The molecule has 3 aromatic carbocycles. The van der Waals surface area contributed by atoms with E-state index in [-0.39, 0.29) is 0 Å². The quantitative estimate of drug-likeness (QED) is 0.214. The van der Waals surface area contributed by atoms with E-state index in [0.717, 1.165) is 10.00 Å². The highest BCUT2D eigenvalue weighted by Gasteiger charge is 2.29. The Morgan fingerprint density at radius 2 is 1.59 bits per heavy atom. The Labute approximate surface area is 175 Å². The number of benzene rings is 3. The predicted octanol–water partition coefficient (Wildman–Crippen LogP) is 5.60. The standard InChI is InChI=1S/C25H25N3S/c1-16-18-11-8-9-13-21(18)29-25(16)23-20-14-17-10-6-7-12-19(17)24(28(3,4)5)22(20)26-15-27(23)2/h6-15H,1-5H3/q+2. The molecule has 2 aromatic heterocycles. The van der Waals surface area contributed by atoms with Crippen molar-refractivity contribution in [1.82, 2.24) is 9.47 Å². The zero-order valence-electron chi connectivity index (χ0n) is 17.5. The van der Waals surface area contributed by atoms with Crippen molar-refractivity contribution in [3.8, 4) is 10.6 Å². The van der Waals surface area contributed by atoms with Crippen molar-refractivity contribution in [3.63, 3.8) is 0 Å². The van der Waals surface area contributed by atoms with Crippen molar-refractivity contribution in [2.24, 2.45) is 7.05 Å². The third kappa shape index (κ3) is 2.75. The van der Waals surface area contributed by atoms with Gasteiger partial charge in [0.2, 0.25) is 5.52 Å². The second-order valence-corrected chi connectivity index (χ2v) is 9.66. The van der Waals surface area contributed by atoms with Crippen molar-refractivity contribution in [3.05, 3.63) is 66.5 Å². The second kappa shape index (κ2) is 6.34. The van der Waals surface area contributed by atoms with E-state index in [4.69, 9.17) is 4.98 Å². The molecule has 0 amide bonds. The summed E-state index contributed by atoms with van der Waals surface area (Å²) in [5.41, 5.74) is 4.93. The molecule has 0 bridgehead atoms. The third-order valence-electron chi connectivity index (χ3n) is 5.69. The van der Waals surface area contributed by atoms with Gasteiger partial charge in [0.25, 0.3) is 6.33 Å². The number of fused-ring (bicyclic) bond motifs is 3. The van der Waals surface area contributed by atoms with Gasteiger partial charge in [-0.25, -0.2) is 4.57 Å². The smallest absolute Gasteiger partial charge is 0.287 e. The second-order valence-electron chi connectivity index (χ2n) is 8.61. The van der Waals surface area contributed by atoms with Gasteiger partial charge in [0, 0.05) is 10.1 Å². The summed E-state index contributed by atoms with van der Waals surface area (Å²) < 4.78 is 4.23. The van der Waals surface area contributed by atoms with Crippen molar-refractivity contribution in [1.29, 1.82) is 0 Å². The molecule has 144 valence electrons. The molecule has 0 saturated carbocycles. The van der Waals surface area contributed by atoms with Gasteiger partial charge in [-0.3, -0.25) is 4.48 Å². The molecule has 5 rings (SSSR count). The van der Waals surface area contributed by atoms with Crippen LogP contribution in [-0.4, -0.2) is 26.1 Å². The number of hydrogen-bond donors (Lipinski definition) is 0. The van der Waals surface area contributed by atoms with Crippen LogP contribution in [0.3, 0.4) is 0 Å². The molecule has 0 aliphatic rings. The van der Waals surface area contributed by atoms with Crippen LogP contribution in [0.4, 0.5) is 5.69 Å². The third-order valence-corrected chi connectivity index (χ3v) is 6.97. The van der Waals surface area contributed by atoms with Crippen molar-refractivity contribution >= 4 is 48.8 Å². The van der Waals surface area contributed by atoms with Gasteiger partial charge in [0.15, 0.2) is 11.4 Å². The molecule has 0 saturated heterocycles. The van der Waals surface area contributed by atoms with E-state index in [1.807, 2.05) is 17.7 Å². The highest BCUT2D eigenvalue weighted by molar-refractivity contribution is 7.22. The number of aromatic nitrogens is 2. The highest BCUT2D eigenvalue weighted by atomic mass is 32.1. The Kier molecular flexibility index (Phi) is 3.99. The maximum absolute atomic E-state index is 4.92. The number of nitrogens with zero attached hydrogens (tertiary/aromatic N) is 3. The summed E-state index contributed by atoms with van der Waals surface area (Å²) in [6.45, 7) is 2.24. The topological polar surface area (TPSA) is 16.8 Å². The molecule has 2 heterocycles. The maximum Gasteiger partial charge on any atom is 0.287 e. The molecule has 0 unspecified atom stereocenters. The number of rotatable bonds is 2. The first-order valence-corrected chi connectivity index (χ1v) is 10.7.